The normalized spacial score (nSPS) is 26.4. The number of hydrogen-bond donors (Lipinski definition) is 0. The summed E-state index contributed by atoms with van der Waals surface area (Å²) in [4.78, 5) is 4.23. The second-order valence-corrected chi connectivity index (χ2v) is 3.67. The van der Waals surface area contributed by atoms with Gasteiger partial charge in [-0.1, -0.05) is 18.2 Å². The Labute approximate surface area is 109 Å². The number of hydrogen-bond acceptors (Lipinski definition) is 2. The monoisotopic (exact) mass is 261 g/mol. The average Bonchev–Trinajstić information content (AvgIpc) is 2.62. The van der Waals surface area contributed by atoms with Gasteiger partial charge in [0.15, 0.2) is 0 Å². The fourth-order valence-corrected chi connectivity index (χ4v) is 2.27. The Balaban J connectivity index is 0.000000750. The molecule has 2 atom stereocenters. The summed E-state index contributed by atoms with van der Waals surface area (Å²) in [6.07, 6.45) is 3.82. The molecule has 1 aromatic rings. The van der Waals surface area contributed by atoms with Crippen molar-refractivity contribution in [1.29, 1.82) is 0 Å². The van der Waals surface area contributed by atoms with Crippen LogP contribution in [0.3, 0.4) is 0 Å². The quantitative estimate of drug-likeness (QED) is 0.653. The van der Waals surface area contributed by atoms with E-state index in [1.165, 1.54) is 16.7 Å². The van der Waals surface area contributed by atoms with Gasteiger partial charge in [0.25, 0.3) is 0 Å². The Kier molecular flexibility index (Phi) is 2.76. The van der Waals surface area contributed by atoms with Gasteiger partial charge in [-0.15, -0.1) is 0 Å². The molecule has 1 unspecified atom stereocenters. The minimum absolute atomic E-state index is 0. The first kappa shape index (κ1) is 10.3. The number of benzene rings is 1. The maximum absolute atomic E-state index is 5.30. The van der Waals surface area contributed by atoms with Crippen LogP contribution >= 0.6 is 0 Å². The van der Waals surface area contributed by atoms with Gasteiger partial charge in [0.1, 0.15) is 0 Å². The van der Waals surface area contributed by atoms with Crippen molar-refractivity contribution in [2.75, 3.05) is 0 Å². The molecule has 1 aromatic carbocycles. The molecular weight excluding hydrogens is 251 g/mol. The number of nitrogens with zero attached hydrogens (tertiary/aromatic N) is 1. The van der Waals surface area contributed by atoms with Gasteiger partial charge in [-0.25, -0.2) is 6.40 Å². The molecule has 2 nitrogen and oxygen atoms in total. The Morgan fingerprint density at radius 2 is 2.36 bits per heavy atom. The van der Waals surface area contributed by atoms with Crippen LogP contribution in [-0.4, -0.2) is 12.5 Å². The molecule has 0 bridgehead atoms. The van der Waals surface area contributed by atoms with Crippen molar-refractivity contribution in [3.63, 3.8) is 0 Å². The van der Waals surface area contributed by atoms with Crippen LogP contribution in [0.4, 0.5) is 0 Å². The zero-order valence-electron chi connectivity index (χ0n) is 8.03. The van der Waals surface area contributed by atoms with Crippen molar-refractivity contribution in [3.8, 4) is 0 Å². The predicted octanol–water partition coefficient (Wildman–Crippen LogP) is 1.89. The topological polar surface area (TPSA) is 21.6 Å². The third-order valence-electron chi connectivity index (χ3n) is 2.88. The van der Waals surface area contributed by atoms with Crippen molar-refractivity contribution < 1.29 is 37.4 Å². The summed E-state index contributed by atoms with van der Waals surface area (Å²) in [5.74, 6) is 0. The Hall–Kier alpha value is -0.206. The minimum Gasteiger partial charge on any atom is -0.671 e. The first-order valence-corrected chi connectivity index (χ1v) is 4.55. The van der Waals surface area contributed by atoms with Gasteiger partial charge in [0.2, 0.25) is 0 Å². The van der Waals surface area contributed by atoms with Crippen molar-refractivity contribution in [1.82, 2.24) is 0 Å². The molecule has 1 aliphatic carbocycles. The second-order valence-electron chi connectivity index (χ2n) is 3.67. The molecule has 1 radical (unpaired) electrons. The minimum atomic E-state index is 0. The molecule has 0 saturated heterocycles. The van der Waals surface area contributed by atoms with Crippen LogP contribution in [0.2, 0.25) is 0 Å². The summed E-state index contributed by atoms with van der Waals surface area (Å²) < 4.78 is 5.30. The number of rotatable bonds is 0. The molecule has 1 heterocycles. The summed E-state index contributed by atoms with van der Waals surface area (Å²) in [5.41, 5.74) is 4.07. The molecule has 0 fully saturated rings. The van der Waals surface area contributed by atoms with E-state index in [9.17, 15) is 0 Å². The SMILES string of the molecule is Cc1cccc2c1C1N=[C-]O[C@@H]1C2.[Y]. The standard InChI is InChI=1S/C11H10NO.Y/c1-7-3-2-4-8-5-9-11(10(7)8)12-6-13-9;/h2-4,9,11H,5H2,1H3;/q-1;/t9-,11?;/m1./s1. The summed E-state index contributed by atoms with van der Waals surface area (Å²) in [5, 5.41) is 0. The first-order chi connectivity index (χ1) is 6.36. The molecule has 69 valence electrons. The third kappa shape index (κ3) is 1.36. The van der Waals surface area contributed by atoms with Crippen LogP contribution in [0.5, 0.6) is 0 Å². The van der Waals surface area contributed by atoms with E-state index in [4.69, 9.17) is 4.74 Å². The van der Waals surface area contributed by atoms with Crippen LogP contribution in [0.1, 0.15) is 22.7 Å². The van der Waals surface area contributed by atoms with Crippen molar-refractivity contribution in [2.24, 2.45) is 4.99 Å². The fraction of sp³-hybridized carbons (Fsp3) is 0.364. The van der Waals surface area contributed by atoms with E-state index in [1.54, 1.807) is 0 Å². The molecule has 1 aliphatic heterocycles. The number of aliphatic imine (C=N–C) groups is 1. The molecule has 0 amide bonds. The van der Waals surface area contributed by atoms with E-state index in [0.717, 1.165) is 6.42 Å². The van der Waals surface area contributed by atoms with Crippen LogP contribution in [0.25, 0.3) is 0 Å². The van der Waals surface area contributed by atoms with Crippen molar-refractivity contribution in [3.05, 3.63) is 34.9 Å². The van der Waals surface area contributed by atoms with E-state index < -0.39 is 0 Å². The van der Waals surface area contributed by atoms with Crippen LogP contribution in [-0.2, 0) is 43.9 Å². The number of ether oxygens (including phenoxy) is 1. The maximum atomic E-state index is 5.30. The molecule has 3 rings (SSSR count). The molecule has 0 saturated carbocycles. The van der Waals surface area contributed by atoms with E-state index in [2.05, 4.69) is 36.5 Å². The average molecular weight is 261 g/mol. The van der Waals surface area contributed by atoms with Gasteiger partial charge in [-0.2, -0.15) is 0 Å². The fourth-order valence-electron chi connectivity index (χ4n) is 2.27. The van der Waals surface area contributed by atoms with Gasteiger partial charge in [0.05, 0.1) is 12.1 Å². The van der Waals surface area contributed by atoms with E-state index in [1.807, 2.05) is 0 Å². The predicted molar refractivity (Wildman–Crippen MR) is 49.9 cm³/mol. The summed E-state index contributed by atoms with van der Waals surface area (Å²) in [6.45, 7) is 2.13. The van der Waals surface area contributed by atoms with Gasteiger partial charge < -0.3 is 9.73 Å². The molecule has 0 N–H and O–H groups in total. The van der Waals surface area contributed by atoms with Gasteiger partial charge in [0, 0.05) is 39.1 Å². The van der Waals surface area contributed by atoms with Crippen LogP contribution in [0, 0.1) is 6.92 Å². The van der Waals surface area contributed by atoms with E-state index in [0.29, 0.717) is 0 Å². The molecule has 14 heavy (non-hydrogen) atoms. The van der Waals surface area contributed by atoms with Gasteiger partial charge in [-0.05, 0) is 23.6 Å². The van der Waals surface area contributed by atoms with Crippen molar-refractivity contribution in [2.45, 2.75) is 25.5 Å². The summed E-state index contributed by atoms with van der Waals surface area (Å²) in [6, 6.07) is 6.62. The van der Waals surface area contributed by atoms with Crippen LogP contribution < -0.4 is 0 Å². The maximum Gasteiger partial charge on any atom is 0.0866 e. The summed E-state index contributed by atoms with van der Waals surface area (Å²) >= 11 is 0. The Morgan fingerprint density at radius 3 is 3.21 bits per heavy atom. The van der Waals surface area contributed by atoms with E-state index >= 15 is 0 Å². The first-order valence-electron chi connectivity index (χ1n) is 4.55. The Morgan fingerprint density at radius 1 is 1.50 bits per heavy atom. The smallest absolute Gasteiger partial charge is 0.0866 e. The molecule has 0 aromatic heterocycles. The Bertz CT molecular complexity index is 389. The number of aryl methyl sites for hydroxylation is 1. The van der Waals surface area contributed by atoms with Crippen LogP contribution in [0.15, 0.2) is 23.2 Å². The van der Waals surface area contributed by atoms with Crippen molar-refractivity contribution >= 4 is 6.40 Å². The molecular formula is C11H10NOY-. The third-order valence-corrected chi connectivity index (χ3v) is 2.88. The largest absolute Gasteiger partial charge is 0.671 e. The second kappa shape index (κ2) is 3.75. The zero-order chi connectivity index (χ0) is 8.84. The summed E-state index contributed by atoms with van der Waals surface area (Å²) in [7, 11) is 0. The van der Waals surface area contributed by atoms with Gasteiger partial charge in [-0.3, -0.25) is 0 Å². The molecule has 3 heteroatoms. The van der Waals surface area contributed by atoms with Gasteiger partial charge >= 0.3 is 0 Å². The zero-order valence-corrected chi connectivity index (χ0v) is 10.9. The molecule has 2 aliphatic rings. The van der Waals surface area contributed by atoms with E-state index in [-0.39, 0.29) is 44.9 Å². The number of fused-ring (bicyclic) bond motifs is 3. The molecule has 0 spiro atoms.